The average Bonchev–Trinajstić information content (AvgIpc) is 3.12. The zero-order valence-electron chi connectivity index (χ0n) is 15.5. The predicted molar refractivity (Wildman–Crippen MR) is 103 cm³/mol. The third-order valence-electron chi connectivity index (χ3n) is 4.60. The number of rotatable bonds is 6. The van der Waals surface area contributed by atoms with E-state index in [1.807, 2.05) is 42.5 Å². The number of aromatic nitrogens is 1. The molecular formula is C21H22N2O4. The number of fused-ring (bicyclic) bond motifs is 1. The standard InChI is InChI=1S/C21H22N2O4/c1-21(13-19(24)27-3,15-8-6-9-16(12-15)26-2)23-20(25)18-11-14-7-4-5-10-17(14)22-18/h4-12,22H,13H2,1-3H3,(H,23,25)/t21-/m0/s1. The van der Waals surface area contributed by atoms with Crippen LogP contribution < -0.4 is 10.1 Å². The van der Waals surface area contributed by atoms with Crippen molar-refractivity contribution in [3.63, 3.8) is 0 Å². The molecule has 6 nitrogen and oxygen atoms in total. The Hall–Kier alpha value is -3.28. The molecule has 0 aliphatic carbocycles. The number of para-hydroxylation sites is 1. The Kier molecular flexibility index (Phi) is 5.16. The molecule has 0 aliphatic rings. The normalized spacial score (nSPS) is 13.0. The minimum atomic E-state index is -0.962. The van der Waals surface area contributed by atoms with Gasteiger partial charge in [0, 0.05) is 10.9 Å². The van der Waals surface area contributed by atoms with E-state index in [2.05, 4.69) is 10.3 Å². The molecule has 6 heteroatoms. The number of hydrogen-bond acceptors (Lipinski definition) is 4. The molecule has 0 radical (unpaired) electrons. The first kappa shape index (κ1) is 18.5. The van der Waals surface area contributed by atoms with Gasteiger partial charge in [0.25, 0.3) is 5.91 Å². The van der Waals surface area contributed by atoms with Crippen LogP contribution in [0.1, 0.15) is 29.4 Å². The molecule has 0 fully saturated rings. The van der Waals surface area contributed by atoms with Crippen molar-refractivity contribution in [1.29, 1.82) is 0 Å². The number of benzene rings is 2. The Labute approximate surface area is 157 Å². The van der Waals surface area contributed by atoms with E-state index in [1.54, 1.807) is 26.2 Å². The molecular weight excluding hydrogens is 344 g/mol. The fraction of sp³-hybridized carbons (Fsp3) is 0.238. The van der Waals surface area contributed by atoms with Crippen LogP contribution in [-0.2, 0) is 15.1 Å². The van der Waals surface area contributed by atoms with Crippen LogP contribution in [0.2, 0.25) is 0 Å². The summed E-state index contributed by atoms with van der Waals surface area (Å²) >= 11 is 0. The first-order valence-corrected chi connectivity index (χ1v) is 8.57. The second-order valence-electron chi connectivity index (χ2n) is 6.54. The summed E-state index contributed by atoms with van der Waals surface area (Å²) in [6.45, 7) is 1.79. The number of nitrogens with one attached hydrogen (secondary N) is 2. The second kappa shape index (κ2) is 7.53. The van der Waals surface area contributed by atoms with Gasteiger partial charge in [-0.15, -0.1) is 0 Å². The van der Waals surface area contributed by atoms with Gasteiger partial charge in [-0.05, 0) is 36.8 Å². The Morgan fingerprint density at radius 1 is 1.07 bits per heavy atom. The minimum Gasteiger partial charge on any atom is -0.497 e. The van der Waals surface area contributed by atoms with Crippen molar-refractivity contribution in [2.24, 2.45) is 0 Å². The highest BCUT2D eigenvalue weighted by atomic mass is 16.5. The molecule has 27 heavy (non-hydrogen) atoms. The number of ether oxygens (including phenoxy) is 2. The lowest BCUT2D eigenvalue weighted by atomic mass is 9.88. The van der Waals surface area contributed by atoms with E-state index in [0.717, 1.165) is 16.5 Å². The quantitative estimate of drug-likeness (QED) is 0.656. The molecule has 3 rings (SSSR count). The van der Waals surface area contributed by atoms with Gasteiger partial charge in [0.05, 0.1) is 26.2 Å². The number of methoxy groups -OCH3 is 2. The minimum absolute atomic E-state index is 0.0113. The smallest absolute Gasteiger partial charge is 0.308 e. The van der Waals surface area contributed by atoms with Crippen LogP contribution in [0.3, 0.4) is 0 Å². The van der Waals surface area contributed by atoms with Crippen molar-refractivity contribution in [3.05, 3.63) is 65.9 Å². The molecule has 0 bridgehead atoms. The van der Waals surface area contributed by atoms with E-state index in [9.17, 15) is 9.59 Å². The highest BCUT2D eigenvalue weighted by molar-refractivity contribution is 5.98. The van der Waals surface area contributed by atoms with Gasteiger partial charge in [0.2, 0.25) is 0 Å². The van der Waals surface area contributed by atoms with Gasteiger partial charge < -0.3 is 19.8 Å². The molecule has 1 amide bonds. The molecule has 0 unspecified atom stereocenters. The van der Waals surface area contributed by atoms with E-state index in [-0.39, 0.29) is 12.3 Å². The molecule has 0 saturated heterocycles. The van der Waals surface area contributed by atoms with Gasteiger partial charge in [-0.25, -0.2) is 0 Å². The number of esters is 1. The molecule has 2 N–H and O–H groups in total. The van der Waals surface area contributed by atoms with E-state index in [0.29, 0.717) is 11.4 Å². The highest BCUT2D eigenvalue weighted by Gasteiger charge is 2.33. The zero-order valence-corrected chi connectivity index (χ0v) is 15.5. The lowest BCUT2D eigenvalue weighted by molar-refractivity contribution is -0.142. The van der Waals surface area contributed by atoms with E-state index in [4.69, 9.17) is 9.47 Å². The fourth-order valence-corrected chi connectivity index (χ4v) is 3.06. The molecule has 0 spiro atoms. The summed E-state index contributed by atoms with van der Waals surface area (Å²) in [7, 11) is 2.90. The average molecular weight is 366 g/mol. The van der Waals surface area contributed by atoms with Gasteiger partial charge >= 0.3 is 5.97 Å². The molecule has 0 saturated carbocycles. The summed E-state index contributed by atoms with van der Waals surface area (Å²) < 4.78 is 10.1. The highest BCUT2D eigenvalue weighted by Crippen LogP contribution is 2.29. The van der Waals surface area contributed by atoms with Gasteiger partial charge in [-0.2, -0.15) is 0 Å². The number of aromatic amines is 1. The first-order chi connectivity index (χ1) is 12.9. The number of H-pyrrole nitrogens is 1. The van der Waals surface area contributed by atoms with Crippen LogP contribution in [-0.4, -0.2) is 31.1 Å². The molecule has 2 aromatic carbocycles. The molecule has 1 aromatic heterocycles. The number of amides is 1. The van der Waals surface area contributed by atoms with Crippen molar-refractivity contribution >= 4 is 22.8 Å². The zero-order chi connectivity index (χ0) is 19.4. The Balaban J connectivity index is 1.94. The summed E-state index contributed by atoms with van der Waals surface area (Å²) in [5.41, 5.74) is 1.08. The molecule has 140 valence electrons. The van der Waals surface area contributed by atoms with Crippen molar-refractivity contribution < 1.29 is 19.1 Å². The summed E-state index contributed by atoms with van der Waals surface area (Å²) in [5.74, 6) is -0.0823. The van der Waals surface area contributed by atoms with Crippen molar-refractivity contribution in [3.8, 4) is 5.75 Å². The maximum Gasteiger partial charge on any atom is 0.308 e. The van der Waals surface area contributed by atoms with Crippen molar-refractivity contribution in [1.82, 2.24) is 10.3 Å². The van der Waals surface area contributed by atoms with Crippen molar-refractivity contribution in [2.75, 3.05) is 14.2 Å². The first-order valence-electron chi connectivity index (χ1n) is 8.57. The van der Waals surface area contributed by atoms with E-state index >= 15 is 0 Å². The number of carbonyl (C=O) groups excluding carboxylic acids is 2. The molecule has 1 heterocycles. The van der Waals surface area contributed by atoms with E-state index < -0.39 is 11.5 Å². The topological polar surface area (TPSA) is 80.4 Å². The SMILES string of the molecule is COC(=O)C[C@](C)(NC(=O)c1cc2ccccc2[nH]1)c1cccc(OC)c1. The summed E-state index contributed by atoms with van der Waals surface area (Å²) in [6.07, 6.45) is -0.0113. The van der Waals surface area contributed by atoms with E-state index in [1.165, 1.54) is 7.11 Å². The number of hydrogen-bond donors (Lipinski definition) is 2. The van der Waals surface area contributed by atoms with Gasteiger partial charge in [0.1, 0.15) is 11.4 Å². The summed E-state index contributed by atoms with van der Waals surface area (Å²) in [4.78, 5) is 28.0. The Bertz CT molecular complexity index is 946. The van der Waals surface area contributed by atoms with Crippen LogP contribution in [0.15, 0.2) is 54.6 Å². The predicted octanol–water partition coefficient (Wildman–Crippen LogP) is 3.38. The lowest BCUT2D eigenvalue weighted by Gasteiger charge is -2.30. The maximum absolute atomic E-state index is 12.9. The fourth-order valence-electron chi connectivity index (χ4n) is 3.06. The maximum atomic E-state index is 12.9. The molecule has 1 atom stereocenters. The van der Waals surface area contributed by atoms with Gasteiger partial charge in [0.15, 0.2) is 0 Å². The van der Waals surface area contributed by atoms with Crippen LogP contribution in [0.4, 0.5) is 0 Å². The van der Waals surface area contributed by atoms with Gasteiger partial charge in [-0.3, -0.25) is 9.59 Å². The third kappa shape index (κ3) is 3.95. The largest absolute Gasteiger partial charge is 0.497 e. The summed E-state index contributed by atoms with van der Waals surface area (Å²) in [5, 5.41) is 3.92. The Morgan fingerprint density at radius 3 is 2.56 bits per heavy atom. The molecule has 3 aromatic rings. The van der Waals surface area contributed by atoms with Crippen LogP contribution >= 0.6 is 0 Å². The van der Waals surface area contributed by atoms with Crippen LogP contribution in [0, 0.1) is 0 Å². The number of carbonyl (C=O) groups is 2. The summed E-state index contributed by atoms with van der Waals surface area (Å²) in [6, 6.07) is 16.7. The monoisotopic (exact) mass is 366 g/mol. The van der Waals surface area contributed by atoms with Crippen LogP contribution in [0.5, 0.6) is 5.75 Å². The third-order valence-corrected chi connectivity index (χ3v) is 4.60. The van der Waals surface area contributed by atoms with Crippen molar-refractivity contribution in [2.45, 2.75) is 18.9 Å². The lowest BCUT2D eigenvalue weighted by Crippen LogP contribution is -2.45. The molecule has 0 aliphatic heterocycles. The Morgan fingerprint density at radius 2 is 1.85 bits per heavy atom. The second-order valence-corrected chi connectivity index (χ2v) is 6.54. The van der Waals surface area contributed by atoms with Gasteiger partial charge in [-0.1, -0.05) is 30.3 Å². The van der Waals surface area contributed by atoms with Crippen LogP contribution in [0.25, 0.3) is 10.9 Å².